The summed E-state index contributed by atoms with van der Waals surface area (Å²) in [6.45, 7) is 3.83. The van der Waals surface area contributed by atoms with Crippen molar-refractivity contribution >= 4 is 11.9 Å². The zero-order valence-electron chi connectivity index (χ0n) is 11.4. The van der Waals surface area contributed by atoms with E-state index in [1.54, 1.807) is 7.11 Å². The van der Waals surface area contributed by atoms with Gasteiger partial charge in [0.1, 0.15) is 5.75 Å². The molecule has 1 aromatic carbocycles. The van der Waals surface area contributed by atoms with E-state index in [0.29, 0.717) is 6.54 Å². The molecule has 19 heavy (non-hydrogen) atoms. The van der Waals surface area contributed by atoms with Crippen molar-refractivity contribution in [3.05, 3.63) is 29.3 Å². The van der Waals surface area contributed by atoms with Gasteiger partial charge in [0.05, 0.1) is 13.0 Å². The Kier molecular flexibility index (Phi) is 5.36. The normalized spacial score (nSPS) is 11.7. The molecule has 0 fully saturated rings. The van der Waals surface area contributed by atoms with Crippen molar-refractivity contribution in [1.29, 1.82) is 0 Å². The number of aliphatic carboxylic acids is 1. The fraction of sp³-hybridized carbons (Fsp3) is 0.429. The van der Waals surface area contributed by atoms with Crippen LogP contribution in [-0.2, 0) is 16.1 Å². The number of carboxylic acids is 1. The molecule has 1 rings (SSSR count). The molecule has 1 atom stereocenters. The lowest BCUT2D eigenvalue weighted by molar-refractivity contribution is -0.143. The molecule has 104 valence electrons. The van der Waals surface area contributed by atoms with Gasteiger partial charge in [-0.1, -0.05) is 19.1 Å². The summed E-state index contributed by atoms with van der Waals surface area (Å²) in [5.41, 5.74) is 1.95. The van der Waals surface area contributed by atoms with Crippen molar-refractivity contribution in [3.63, 3.8) is 0 Å². The molecule has 0 saturated heterocycles. The standard InChI is InChI=1S/C14H19NO4/c1-9-6-11(4-5-12(9)19-3)8-15-13(16)7-10(2)14(17)18/h4-6,10H,7-8H2,1-3H3,(H,15,16)(H,17,18). The zero-order chi connectivity index (χ0) is 14.4. The summed E-state index contributed by atoms with van der Waals surface area (Å²) in [4.78, 5) is 22.2. The Labute approximate surface area is 112 Å². The molecule has 1 aromatic rings. The number of hydrogen-bond acceptors (Lipinski definition) is 3. The smallest absolute Gasteiger partial charge is 0.306 e. The highest BCUT2D eigenvalue weighted by atomic mass is 16.5. The first-order valence-electron chi connectivity index (χ1n) is 6.07. The van der Waals surface area contributed by atoms with Crippen LogP contribution in [-0.4, -0.2) is 24.1 Å². The van der Waals surface area contributed by atoms with E-state index < -0.39 is 11.9 Å². The van der Waals surface area contributed by atoms with Gasteiger partial charge in [0, 0.05) is 13.0 Å². The fourth-order valence-electron chi connectivity index (χ4n) is 1.69. The van der Waals surface area contributed by atoms with Crippen LogP contribution >= 0.6 is 0 Å². The number of methoxy groups -OCH3 is 1. The van der Waals surface area contributed by atoms with Crippen LogP contribution in [0, 0.1) is 12.8 Å². The predicted molar refractivity (Wildman–Crippen MR) is 71.0 cm³/mol. The molecule has 0 spiro atoms. The van der Waals surface area contributed by atoms with E-state index in [1.165, 1.54) is 6.92 Å². The number of carboxylic acid groups (broad SMARTS) is 1. The third kappa shape index (κ3) is 4.62. The van der Waals surface area contributed by atoms with Gasteiger partial charge in [-0.05, 0) is 24.1 Å². The maximum Gasteiger partial charge on any atom is 0.306 e. The SMILES string of the molecule is COc1ccc(CNC(=O)CC(C)C(=O)O)cc1C. The van der Waals surface area contributed by atoms with Gasteiger partial charge in [0.15, 0.2) is 0 Å². The summed E-state index contributed by atoms with van der Waals surface area (Å²) < 4.78 is 5.15. The number of amides is 1. The number of nitrogens with one attached hydrogen (secondary N) is 1. The summed E-state index contributed by atoms with van der Waals surface area (Å²) in [5, 5.41) is 11.4. The first kappa shape index (κ1) is 15.0. The van der Waals surface area contributed by atoms with Crippen molar-refractivity contribution in [2.24, 2.45) is 5.92 Å². The van der Waals surface area contributed by atoms with Gasteiger partial charge in [-0.15, -0.1) is 0 Å². The van der Waals surface area contributed by atoms with Crippen molar-refractivity contribution in [2.45, 2.75) is 26.8 Å². The van der Waals surface area contributed by atoms with E-state index in [2.05, 4.69) is 5.32 Å². The Morgan fingerprint density at radius 3 is 2.63 bits per heavy atom. The molecule has 0 heterocycles. The number of hydrogen-bond donors (Lipinski definition) is 2. The topological polar surface area (TPSA) is 75.6 Å². The predicted octanol–water partition coefficient (Wildman–Crippen LogP) is 1.73. The van der Waals surface area contributed by atoms with Gasteiger partial charge in [-0.25, -0.2) is 0 Å². The summed E-state index contributed by atoms with van der Waals surface area (Å²) in [5.74, 6) is -1.09. The van der Waals surface area contributed by atoms with Gasteiger partial charge < -0.3 is 15.2 Å². The average molecular weight is 265 g/mol. The Balaban J connectivity index is 2.50. The van der Waals surface area contributed by atoms with E-state index in [9.17, 15) is 9.59 Å². The van der Waals surface area contributed by atoms with Crippen molar-refractivity contribution in [2.75, 3.05) is 7.11 Å². The molecular formula is C14H19NO4. The van der Waals surface area contributed by atoms with Crippen LogP contribution in [0.3, 0.4) is 0 Å². The van der Waals surface area contributed by atoms with Crippen LogP contribution < -0.4 is 10.1 Å². The van der Waals surface area contributed by atoms with Gasteiger partial charge in [-0.3, -0.25) is 9.59 Å². The van der Waals surface area contributed by atoms with Crippen LogP contribution in [0.15, 0.2) is 18.2 Å². The Morgan fingerprint density at radius 2 is 2.11 bits per heavy atom. The van der Waals surface area contributed by atoms with Crippen LogP contribution in [0.1, 0.15) is 24.5 Å². The van der Waals surface area contributed by atoms with Crippen LogP contribution in [0.2, 0.25) is 0 Å². The van der Waals surface area contributed by atoms with E-state index in [0.717, 1.165) is 16.9 Å². The molecule has 0 radical (unpaired) electrons. The van der Waals surface area contributed by atoms with E-state index in [-0.39, 0.29) is 12.3 Å². The van der Waals surface area contributed by atoms with Crippen molar-refractivity contribution < 1.29 is 19.4 Å². The van der Waals surface area contributed by atoms with Gasteiger partial charge in [-0.2, -0.15) is 0 Å². The second-order valence-corrected chi connectivity index (χ2v) is 4.52. The highest BCUT2D eigenvalue weighted by Crippen LogP contribution is 2.18. The monoisotopic (exact) mass is 265 g/mol. The number of carbonyl (C=O) groups excluding carboxylic acids is 1. The minimum absolute atomic E-state index is 0.00945. The largest absolute Gasteiger partial charge is 0.496 e. The number of benzene rings is 1. The lowest BCUT2D eigenvalue weighted by atomic mass is 10.1. The Morgan fingerprint density at radius 1 is 1.42 bits per heavy atom. The third-order valence-corrected chi connectivity index (χ3v) is 2.86. The maximum absolute atomic E-state index is 11.5. The number of aryl methyl sites for hydroxylation is 1. The van der Waals surface area contributed by atoms with Gasteiger partial charge >= 0.3 is 5.97 Å². The lowest BCUT2D eigenvalue weighted by Crippen LogP contribution is -2.26. The fourth-order valence-corrected chi connectivity index (χ4v) is 1.69. The van der Waals surface area contributed by atoms with E-state index in [1.807, 2.05) is 25.1 Å². The second-order valence-electron chi connectivity index (χ2n) is 4.52. The summed E-state index contributed by atoms with van der Waals surface area (Å²) in [7, 11) is 1.61. The molecule has 0 aromatic heterocycles. The summed E-state index contributed by atoms with van der Waals surface area (Å²) in [6, 6.07) is 5.64. The first-order chi connectivity index (χ1) is 8.93. The highest BCUT2D eigenvalue weighted by Gasteiger charge is 2.15. The Hall–Kier alpha value is -2.04. The van der Waals surface area contributed by atoms with E-state index in [4.69, 9.17) is 9.84 Å². The van der Waals surface area contributed by atoms with Gasteiger partial charge in [0.2, 0.25) is 5.91 Å². The average Bonchev–Trinajstić information content (AvgIpc) is 2.36. The molecule has 0 bridgehead atoms. The molecule has 0 aliphatic carbocycles. The van der Waals surface area contributed by atoms with Crippen molar-refractivity contribution in [1.82, 2.24) is 5.32 Å². The second kappa shape index (κ2) is 6.78. The molecule has 1 unspecified atom stereocenters. The molecule has 1 amide bonds. The van der Waals surface area contributed by atoms with Crippen LogP contribution in [0.5, 0.6) is 5.75 Å². The number of carbonyl (C=O) groups is 2. The molecule has 0 saturated carbocycles. The lowest BCUT2D eigenvalue weighted by Gasteiger charge is -2.10. The summed E-state index contributed by atoms with van der Waals surface area (Å²) >= 11 is 0. The molecular weight excluding hydrogens is 246 g/mol. The Bertz CT molecular complexity index is 471. The molecule has 0 aliphatic heterocycles. The van der Waals surface area contributed by atoms with Crippen molar-refractivity contribution in [3.8, 4) is 5.75 Å². The summed E-state index contributed by atoms with van der Waals surface area (Å²) in [6.07, 6.45) is -0.00945. The first-order valence-corrected chi connectivity index (χ1v) is 6.07. The maximum atomic E-state index is 11.5. The molecule has 2 N–H and O–H groups in total. The molecule has 5 nitrogen and oxygen atoms in total. The van der Waals surface area contributed by atoms with Crippen LogP contribution in [0.4, 0.5) is 0 Å². The quantitative estimate of drug-likeness (QED) is 0.821. The number of ether oxygens (including phenoxy) is 1. The van der Waals surface area contributed by atoms with Crippen LogP contribution in [0.25, 0.3) is 0 Å². The van der Waals surface area contributed by atoms with E-state index >= 15 is 0 Å². The third-order valence-electron chi connectivity index (χ3n) is 2.86. The molecule has 5 heteroatoms. The van der Waals surface area contributed by atoms with Gasteiger partial charge in [0.25, 0.3) is 0 Å². The zero-order valence-corrected chi connectivity index (χ0v) is 11.4. The number of rotatable bonds is 6. The molecule has 0 aliphatic rings. The minimum atomic E-state index is -0.963. The highest BCUT2D eigenvalue weighted by molar-refractivity contribution is 5.81. The minimum Gasteiger partial charge on any atom is -0.496 e.